The summed E-state index contributed by atoms with van der Waals surface area (Å²) in [6, 6.07) is 6.47. The Balaban J connectivity index is 2.85. The number of carbonyl (C=O) groups is 1. The van der Waals surface area contributed by atoms with Gasteiger partial charge in [-0.1, -0.05) is 39.0 Å². The minimum Gasteiger partial charge on any atom is -0.465 e. The summed E-state index contributed by atoms with van der Waals surface area (Å²) in [5.41, 5.74) is 3.87. The number of benzene rings is 1. The number of likely N-dealkylation sites (N-methyl/N-ethyl adjacent to an activating group) is 1. The fraction of sp³-hybridized carbons (Fsp3) is 0.533. The highest BCUT2D eigenvalue weighted by Gasteiger charge is 2.15. The van der Waals surface area contributed by atoms with Crippen LogP contribution >= 0.6 is 0 Å². The molecule has 3 nitrogen and oxygen atoms in total. The Labute approximate surface area is 109 Å². The van der Waals surface area contributed by atoms with Gasteiger partial charge in [-0.15, -0.1) is 0 Å². The van der Waals surface area contributed by atoms with Crippen LogP contribution in [-0.4, -0.2) is 29.7 Å². The molecular weight excluding hydrogens is 226 g/mol. The molecule has 100 valence electrons. The van der Waals surface area contributed by atoms with Gasteiger partial charge in [0.1, 0.15) is 0 Å². The highest BCUT2D eigenvalue weighted by atomic mass is 16.4. The Bertz CT molecular complexity index is 433. The van der Waals surface area contributed by atoms with Gasteiger partial charge in [0.15, 0.2) is 0 Å². The summed E-state index contributed by atoms with van der Waals surface area (Å²) in [5.74, 6) is 0. The van der Waals surface area contributed by atoms with Crippen molar-refractivity contribution in [3.63, 3.8) is 0 Å². The summed E-state index contributed by atoms with van der Waals surface area (Å²) in [7, 11) is 1.60. The lowest BCUT2D eigenvalue weighted by Gasteiger charge is -2.21. The van der Waals surface area contributed by atoms with E-state index in [1.807, 2.05) is 0 Å². The van der Waals surface area contributed by atoms with Gasteiger partial charge in [0.25, 0.3) is 0 Å². The van der Waals surface area contributed by atoms with Crippen molar-refractivity contribution in [1.29, 1.82) is 0 Å². The SMILES string of the molecule is Cc1ccc(C(C)(C)C)cc1CCN(C)C(=O)O. The zero-order valence-corrected chi connectivity index (χ0v) is 11.9. The van der Waals surface area contributed by atoms with Crippen LogP contribution in [-0.2, 0) is 11.8 Å². The molecular formula is C15H23NO2. The Morgan fingerprint density at radius 3 is 2.44 bits per heavy atom. The smallest absolute Gasteiger partial charge is 0.407 e. The molecule has 1 aromatic carbocycles. The molecule has 3 heteroatoms. The van der Waals surface area contributed by atoms with Crippen molar-refractivity contribution >= 4 is 6.09 Å². The van der Waals surface area contributed by atoms with E-state index in [2.05, 4.69) is 45.9 Å². The summed E-state index contributed by atoms with van der Waals surface area (Å²) < 4.78 is 0. The summed E-state index contributed by atoms with van der Waals surface area (Å²) in [4.78, 5) is 12.1. The van der Waals surface area contributed by atoms with Gasteiger partial charge >= 0.3 is 6.09 Å². The predicted octanol–water partition coefficient (Wildman–Crippen LogP) is 3.44. The Morgan fingerprint density at radius 1 is 1.33 bits per heavy atom. The van der Waals surface area contributed by atoms with Crippen LogP contribution in [0, 0.1) is 6.92 Å². The molecule has 0 fully saturated rings. The van der Waals surface area contributed by atoms with Gasteiger partial charge in [-0.3, -0.25) is 0 Å². The molecule has 1 aromatic rings. The van der Waals surface area contributed by atoms with E-state index >= 15 is 0 Å². The van der Waals surface area contributed by atoms with Gasteiger partial charge in [-0.05, 0) is 35.4 Å². The van der Waals surface area contributed by atoms with Crippen molar-refractivity contribution in [2.75, 3.05) is 13.6 Å². The second-order valence-corrected chi connectivity index (χ2v) is 5.85. The molecule has 0 aliphatic rings. The third-order valence-corrected chi connectivity index (χ3v) is 3.26. The normalized spacial score (nSPS) is 11.4. The lowest BCUT2D eigenvalue weighted by atomic mass is 9.85. The maximum absolute atomic E-state index is 10.8. The van der Waals surface area contributed by atoms with Crippen molar-refractivity contribution in [2.45, 2.75) is 39.5 Å². The van der Waals surface area contributed by atoms with E-state index in [1.165, 1.54) is 21.6 Å². The van der Waals surface area contributed by atoms with Crippen LogP contribution in [0.15, 0.2) is 18.2 Å². The molecule has 1 N–H and O–H groups in total. The number of rotatable bonds is 3. The van der Waals surface area contributed by atoms with Crippen LogP contribution in [0.2, 0.25) is 0 Å². The van der Waals surface area contributed by atoms with Crippen LogP contribution in [0.4, 0.5) is 4.79 Å². The average Bonchev–Trinajstić information content (AvgIpc) is 2.25. The van der Waals surface area contributed by atoms with E-state index in [0.29, 0.717) is 6.54 Å². The van der Waals surface area contributed by atoms with E-state index in [4.69, 9.17) is 5.11 Å². The van der Waals surface area contributed by atoms with Crippen LogP contribution in [0.25, 0.3) is 0 Å². The summed E-state index contributed by atoms with van der Waals surface area (Å²) >= 11 is 0. The number of aryl methyl sites for hydroxylation is 1. The van der Waals surface area contributed by atoms with E-state index < -0.39 is 6.09 Å². The maximum Gasteiger partial charge on any atom is 0.407 e. The second-order valence-electron chi connectivity index (χ2n) is 5.85. The number of amides is 1. The fourth-order valence-corrected chi connectivity index (χ4v) is 1.79. The van der Waals surface area contributed by atoms with Crippen molar-refractivity contribution in [3.05, 3.63) is 34.9 Å². The van der Waals surface area contributed by atoms with Gasteiger partial charge in [-0.25, -0.2) is 4.79 Å². The first-order valence-corrected chi connectivity index (χ1v) is 6.26. The Hall–Kier alpha value is -1.51. The van der Waals surface area contributed by atoms with Crippen molar-refractivity contribution in [1.82, 2.24) is 4.90 Å². The molecule has 1 amide bonds. The molecule has 0 spiro atoms. The summed E-state index contributed by atoms with van der Waals surface area (Å²) in [5, 5.41) is 8.84. The monoisotopic (exact) mass is 249 g/mol. The van der Waals surface area contributed by atoms with Crippen LogP contribution in [0.1, 0.15) is 37.5 Å². The van der Waals surface area contributed by atoms with Gasteiger partial charge in [0, 0.05) is 13.6 Å². The topological polar surface area (TPSA) is 40.5 Å². The fourth-order valence-electron chi connectivity index (χ4n) is 1.79. The van der Waals surface area contributed by atoms with Crippen molar-refractivity contribution in [3.8, 4) is 0 Å². The van der Waals surface area contributed by atoms with Crippen LogP contribution < -0.4 is 0 Å². The molecule has 0 saturated heterocycles. The maximum atomic E-state index is 10.8. The van der Waals surface area contributed by atoms with Gasteiger partial charge in [0.05, 0.1) is 0 Å². The average molecular weight is 249 g/mol. The minimum atomic E-state index is -0.875. The van der Waals surface area contributed by atoms with Crippen molar-refractivity contribution in [2.24, 2.45) is 0 Å². The molecule has 0 unspecified atom stereocenters. The lowest BCUT2D eigenvalue weighted by Crippen LogP contribution is -2.27. The molecule has 0 aromatic heterocycles. The molecule has 0 radical (unpaired) electrons. The molecule has 0 bridgehead atoms. The van der Waals surface area contributed by atoms with Gasteiger partial charge in [-0.2, -0.15) is 0 Å². The molecule has 0 aliphatic carbocycles. The van der Waals surface area contributed by atoms with Gasteiger partial charge in [0.2, 0.25) is 0 Å². The molecule has 0 aliphatic heterocycles. The number of hydrogen-bond donors (Lipinski definition) is 1. The summed E-state index contributed by atoms with van der Waals surface area (Å²) in [6.07, 6.45) is -0.113. The molecule has 0 heterocycles. The van der Waals surface area contributed by atoms with E-state index in [9.17, 15) is 4.79 Å². The number of carboxylic acid groups (broad SMARTS) is 1. The molecule has 0 atom stereocenters. The molecule has 18 heavy (non-hydrogen) atoms. The molecule has 1 rings (SSSR count). The first-order valence-electron chi connectivity index (χ1n) is 6.26. The minimum absolute atomic E-state index is 0.126. The summed E-state index contributed by atoms with van der Waals surface area (Å²) in [6.45, 7) is 9.16. The zero-order valence-electron chi connectivity index (χ0n) is 11.9. The lowest BCUT2D eigenvalue weighted by molar-refractivity contribution is 0.156. The highest BCUT2D eigenvalue weighted by Crippen LogP contribution is 2.24. The van der Waals surface area contributed by atoms with Gasteiger partial charge < -0.3 is 10.0 Å². The highest BCUT2D eigenvalue weighted by molar-refractivity contribution is 5.64. The van der Waals surface area contributed by atoms with E-state index in [1.54, 1.807) is 7.05 Å². The number of nitrogens with zero attached hydrogens (tertiary/aromatic N) is 1. The quantitative estimate of drug-likeness (QED) is 0.891. The Kier molecular flexibility index (Phi) is 4.38. The largest absolute Gasteiger partial charge is 0.465 e. The second kappa shape index (κ2) is 5.42. The van der Waals surface area contributed by atoms with Crippen LogP contribution in [0.3, 0.4) is 0 Å². The third-order valence-electron chi connectivity index (χ3n) is 3.26. The van der Waals surface area contributed by atoms with E-state index in [-0.39, 0.29) is 5.41 Å². The van der Waals surface area contributed by atoms with E-state index in [0.717, 1.165) is 6.42 Å². The third kappa shape index (κ3) is 3.76. The zero-order chi connectivity index (χ0) is 13.9. The first-order chi connectivity index (χ1) is 8.21. The first kappa shape index (κ1) is 14.6. The number of hydrogen-bond acceptors (Lipinski definition) is 1. The van der Waals surface area contributed by atoms with Crippen molar-refractivity contribution < 1.29 is 9.90 Å². The predicted molar refractivity (Wildman–Crippen MR) is 74.2 cm³/mol. The molecule has 0 saturated carbocycles. The standard InChI is InChI=1S/C15H23NO2/c1-11-6-7-13(15(2,3)4)10-12(11)8-9-16(5)14(17)18/h6-7,10H,8-9H2,1-5H3,(H,17,18). The van der Waals surface area contributed by atoms with Crippen LogP contribution in [0.5, 0.6) is 0 Å². The Morgan fingerprint density at radius 2 is 1.94 bits per heavy atom.